The molecule has 64 valence electrons. The Kier molecular flexibility index (Phi) is 1.63. The lowest BCUT2D eigenvalue weighted by Crippen LogP contribution is -2.16. The molecule has 3 heteroatoms. The van der Waals surface area contributed by atoms with Crippen LogP contribution in [0.15, 0.2) is 12.3 Å². The predicted octanol–water partition coefficient (Wildman–Crippen LogP) is 1.89. The average Bonchev–Trinajstić information content (AvgIpc) is 2.28. The fraction of sp³-hybridized carbons (Fsp3) is 0.444. The van der Waals surface area contributed by atoms with Gasteiger partial charge in [-0.15, -0.1) is 0 Å². The van der Waals surface area contributed by atoms with E-state index in [-0.39, 0.29) is 0 Å². The van der Waals surface area contributed by atoms with Crippen LogP contribution in [0.2, 0.25) is 5.02 Å². The van der Waals surface area contributed by atoms with Gasteiger partial charge in [-0.25, -0.2) is 0 Å². The highest BCUT2D eigenvalue weighted by atomic mass is 35.5. The first-order chi connectivity index (χ1) is 5.59. The number of fused-ring (bicyclic) bond motifs is 1. The quantitative estimate of drug-likeness (QED) is 0.667. The lowest BCUT2D eigenvalue weighted by atomic mass is 10.0. The molecule has 1 aromatic heterocycles. The van der Waals surface area contributed by atoms with Crippen LogP contribution in [-0.2, 0) is 12.0 Å². The predicted molar refractivity (Wildman–Crippen MR) is 47.1 cm³/mol. The normalized spacial score (nSPS) is 27.2. The lowest BCUT2D eigenvalue weighted by molar-refractivity contribution is 0.0594. The van der Waals surface area contributed by atoms with Crippen LogP contribution in [0, 0.1) is 0 Å². The van der Waals surface area contributed by atoms with E-state index in [1.807, 2.05) is 0 Å². The molecule has 1 unspecified atom stereocenters. The van der Waals surface area contributed by atoms with Crippen LogP contribution < -0.4 is 0 Å². The summed E-state index contributed by atoms with van der Waals surface area (Å²) in [5.41, 5.74) is 1.13. The number of aryl methyl sites for hydroxylation is 1. The zero-order chi connectivity index (χ0) is 8.77. The minimum Gasteiger partial charge on any atom is -0.385 e. The lowest BCUT2D eigenvalue weighted by Gasteiger charge is -2.16. The Bertz CT molecular complexity index is 322. The molecule has 2 nitrogen and oxygen atoms in total. The van der Waals surface area contributed by atoms with Gasteiger partial charge in [0.1, 0.15) is 0 Å². The molecule has 1 aliphatic carbocycles. The van der Waals surface area contributed by atoms with E-state index in [0.29, 0.717) is 5.02 Å². The zero-order valence-corrected chi connectivity index (χ0v) is 7.60. The van der Waals surface area contributed by atoms with Crippen molar-refractivity contribution in [1.82, 2.24) is 4.98 Å². The number of hydrogen-bond donors (Lipinski definition) is 1. The molecule has 12 heavy (non-hydrogen) atoms. The van der Waals surface area contributed by atoms with Crippen molar-refractivity contribution in [1.29, 1.82) is 0 Å². The van der Waals surface area contributed by atoms with Gasteiger partial charge in [0.25, 0.3) is 0 Å². The topological polar surface area (TPSA) is 33.1 Å². The first-order valence-electron chi connectivity index (χ1n) is 3.97. The molecule has 0 saturated carbocycles. The van der Waals surface area contributed by atoms with Gasteiger partial charge in [-0.3, -0.25) is 4.98 Å². The molecule has 1 aliphatic rings. The van der Waals surface area contributed by atoms with E-state index >= 15 is 0 Å². The van der Waals surface area contributed by atoms with Crippen molar-refractivity contribution in [2.45, 2.75) is 25.4 Å². The van der Waals surface area contributed by atoms with Gasteiger partial charge in [0.2, 0.25) is 0 Å². The maximum absolute atomic E-state index is 9.87. The van der Waals surface area contributed by atoms with Crippen LogP contribution in [-0.4, -0.2) is 10.1 Å². The summed E-state index contributed by atoms with van der Waals surface area (Å²) in [6.45, 7) is 1.80. The molecule has 1 atom stereocenters. The Hall–Kier alpha value is -0.600. The minimum atomic E-state index is -0.729. The third-order valence-electron chi connectivity index (χ3n) is 2.37. The number of nitrogens with zero attached hydrogens (tertiary/aromatic N) is 1. The summed E-state index contributed by atoms with van der Waals surface area (Å²) in [5, 5.41) is 10.5. The summed E-state index contributed by atoms with van der Waals surface area (Å²) in [6, 6.07) is 1.80. The maximum atomic E-state index is 9.87. The fourth-order valence-corrected chi connectivity index (χ4v) is 1.79. The van der Waals surface area contributed by atoms with Gasteiger partial charge in [-0.2, -0.15) is 0 Å². The van der Waals surface area contributed by atoms with Gasteiger partial charge >= 0.3 is 0 Å². The maximum Gasteiger partial charge on any atom is 0.0890 e. The molecule has 0 fully saturated rings. The van der Waals surface area contributed by atoms with Crippen LogP contribution in [0.4, 0.5) is 0 Å². The second-order valence-corrected chi connectivity index (χ2v) is 3.86. The van der Waals surface area contributed by atoms with E-state index in [9.17, 15) is 5.11 Å². The Balaban J connectivity index is 2.57. The molecule has 0 bridgehead atoms. The number of pyridine rings is 1. The van der Waals surface area contributed by atoms with Crippen molar-refractivity contribution in [2.75, 3.05) is 0 Å². The van der Waals surface area contributed by atoms with Crippen LogP contribution in [0.5, 0.6) is 0 Å². The molecular formula is C9H10ClNO. The van der Waals surface area contributed by atoms with Gasteiger partial charge in [-0.1, -0.05) is 11.6 Å². The van der Waals surface area contributed by atoms with Crippen molar-refractivity contribution >= 4 is 11.6 Å². The first-order valence-corrected chi connectivity index (χ1v) is 4.35. The minimum absolute atomic E-state index is 0.593. The van der Waals surface area contributed by atoms with Crippen LogP contribution in [0.25, 0.3) is 0 Å². The van der Waals surface area contributed by atoms with Crippen molar-refractivity contribution in [2.24, 2.45) is 0 Å². The van der Waals surface area contributed by atoms with Gasteiger partial charge in [0, 0.05) is 17.5 Å². The highest BCUT2D eigenvalue weighted by Crippen LogP contribution is 2.36. The zero-order valence-electron chi connectivity index (χ0n) is 6.84. The number of halogens is 1. The highest BCUT2D eigenvalue weighted by molar-refractivity contribution is 6.30. The number of hydrogen-bond acceptors (Lipinski definition) is 2. The first kappa shape index (κ1) is 8.02. The Labute approximate surface area is 76.2 Å². The van der Waals surface area contributed by atoms with Gasteiger partial charge < -0.3 is 5.11 Å². The summed E-state index contributed by atoms with van der Waals surface area (Å²) in [7, 11) is 0. The van der Waals surface area contributed by atoms with E-state index in [2.05, 4.69) is 4.98 Å². The summed E-state index contributed by atoms with van der Waals surface area (Å²) in [5.74, 6) is 0. The number of aliphatic hydroxyl groups is 1. The summed E-state index contributed by atoms with van der Waals surface area (Å²) < 4.78 is 0. The van der Waals surface area contributed by atoms with E-state index < -0.39 is 5.60 Å². The Morgan fingerprint density at radius 3 is 3.17 bits per heavy atom. The number of rotatable bonds is 0. The molecule has 0 aromatic carbocycles. The molecule has 1 heterocycles. The van der Waals surface area contributed by atoms with Crippen molar-refractivity contribution in [3.63, 3.8) is 0 Å². The molecule has 1 aromatic rings. The monoisotopic (exact) mass is 183 g/mol. The summed E-state index contributed by atoms with van der Waals surface area (Å²) in [6.07, 6.45) is 3.22. The van der Waals surface area contributed by atoms with Crippen LogP contribution >= 0.6 is 11.6 Å². The van der Waals surface area contributed by atoms with E-state index in [0.717, 1.165) is 24.1 Å². The fourth-order valence-electron chi connectivity index (χ4n) is 1.63. The third kappa shape index (κ3) is 1.11. The van der Waals surface area contributed by atoms with Gasteiger partial charge in [-0.05, 0) is 25.8 Å². The molecule has 0 spiro atoms. The molecule has 0 radical (unpaired) electrons. The van der Waals surface area contributed by atoms with Gasteiger partial charge in [0.15, 0.2) is 0 Å². The molecule has 0 amide bonds. The van der Waals surface area contributed by atoms with Crippen LogP contribution in [0.3, 0.4) is 0 Å². The Morgan fingerprint density at radius 1 is 1.67 bits per heavy atom. The van der Waals surface area contributed by atoms with Crippen molar-refractivity contribution < 1.29 is 5.11 Å². The largest absolute Gasteiger partial charge is 0.385 e. The van der Waals surface area contributed by atoms with Crippen LogP contribution in [0.1, 0.15) is 24.6 Å². The van der Waals surface area contributed by atoms with E-state index in [1.165, 1.54) is 0 Å². The van der Waals surface area contributed by atoms with E-state index in [4.69, 9.17) is 11.6 Å². The molecule has 0 aliphatic heterocycles. The second kappa shape index (κ2) is 2.44. The molecule has 0 saturated heterocycles. The van der Waals surface area contributed by atoms with E-state index in [1.54, 1.807) is 19.2 Å². The summed E-state index contributed by atoms with van der Waals surface area (Å²) >= 11 is 5.78. The Morgan fingerprint density at radius 2 is 2.42 bits per heavy atom. The molecule has 2 rings (SSSR count). The van der Waals surface area contributed by atoms with Gasteiger partial charge in [0.05, 0.1) is 10.6 Å². The average molecular weight is 184 g/mol. The molecule has 1 N–H and O–H groups in total. The number of aromatic nitrogens is 1. The van der Waals surface area contributed by atoms with Crippen molar-refractivity contribution in [3.05, 3.63) is 28.5 Å². The van der Waals surface area contributed by atoms with Crippen molar-refractivity contribution in [3.8, 4) is 0 Å². The second-order valence-electron chi connectivity index (χ2n) is 3.42. The third-order valence-corrected chi connectivity index (χ3v) is 2.57. The summed E-state index contributed by atoms with van der Waals surface area (Å²) in [4.78, 5) is 4.16. The SMILES string of the molecule is CC1(O)CCc2ncc(Cl)cc21. The molecular weight excluding hydrogens is 174 g/mol. The highest BCUT2D eigenvalue weighted by Gasteiger charge is 2.32. The smallest absolute Gasteiger partial charge is 0.0890 e. The standard InChI is InChI=1S/C9H10ClNO/c1-9(12)3-2-8-7(9)4-6(10)5-11-8/h4-5,12H,2-3H2,1H3.